The van der Waals surface area contributed by atoms with E-state index in [1.807, 2.05) is 24.4 Å². The van der Waals surface area contributed by atoms with Crippen molar-refractivity contribution in [1.29, 1.82) is 5.26 Å². The van der Waals surface area contributed by atoms with Gasteiger partial charge in [0.1, 0.15) is 34.5 Å². The maximum Gasteiger partial charge on any atom is 0.212 e. The summed E-state index contributed by atoms with van der Waals surface area (Å²) in [5.41, 5.74) is 3.42. The lowest BCUT2D eigenvalue weighted by Crippen LogP contribution is -2.16. The van der Waals surface area contributed by atoms with Crippen LogP contribution in [0.3, 0.4) is 0 Å². The number of hydrogen-bond donors (Lipinski definition) is 1. The van der Waals surface area contributed by atoms with E-state index < -0.39 is 0 Å². The van der Waals surface area contributed by atoms with Crippen LogP contribution in [0.4, 0.5) is 5.82 Å². The van der Waals surface area contributed by atoms with Crippen molar-refractivity contribution >= 4 is 23.8 Å². The average Bonchev–Trinajstić information content (AvgIpc) is 3.35. The van der Waals surface area contributed by atoms with E-state index in [4.69, 9.17) is 26.3 Å². The summed E-state index contributed by atoms with van der Waals surface area (Å²) in [5, 5.41) is 11.6. The highest BCUT2D eigenvalue weighted by Crippen LogP contribution is 2.28. The fourth-order valence-electron chi connectivity index (χ4n) is 2.89. The number of nitriles is 1. The Balaban J connectivity index is 0.000000181. The zero-order chi connectivity index (χ0) is 22.8. The highest BCUT2D eigenvalue weighted by atomic mass is 35.5. The average molecular weight is 452 g/mol. The molecule has 164 valence electrons. The first-order valence-electron chi connectivity index (χ1n) is 10.0. The van der Waals surface area contributed by atoms with Gasteiger partial charge >= 0.3 is 0 Å². The molecule has 9 heteroatoms. The van der Waals surface area contributed by atoms with E-state index >= 15 is 0 Å². The van der Waals surface area contributed by atoms with Crippen molar-refractivity contribution in [2.24, 2.45) is 0 Å². The molecule has 32 heavy (non-hydrogen) atoms. The molecule has 0 radical (unpaired) electrons. The maximum absolute atomic E-state index is 10.3. The van der Waals surface area contributed by atoms with Crippen LogP contribution in [-0.2, 0) is 16.0 Å². The zero-order valence-corrected chi connectivity index (χ0v) is 18.2. The number of ether oxygens (including phenoxy) is 2. The molecule has 0 aliphatic carbocycles. The van der Waals surface area contributed by atoms with Crippen LogP contribution in [0.25, 0.3) is 11.3 Å². The smallest absolute Gasteiger partial charge is 0.212 e. The molecule has 0 aromatic carbocycles. The van der Waals surface area contributed by atoms with E-state index in [9.17, 15) is 4.79 Å². The van der Waals surface area contributed by atoms with E-state index in [2.05, 4.69) is 33.3 Å². The summed E-state index contributed by atoms with van der Waals surface area (Å²) in [6.07, 6.45) is 7.33. The topological polar surface area (TPSA) is 110 Å². The highest BCUT2D eigenvalue weighted by Gasteiger charge is 2.18. The number of nitrogens with zero attached hydrogens (tertiary/aromatic N) is 4. The molecule has 1 aliphatic rings. The molecule has 1 atom stereocenters. The summed E-state index contributed by atoms with van der Waals surface area (Å²) >= 11 is 5.93. The van der Waals surface area contributed by atoms with Crippen LogP contribution in [0.15, 0.2) is 48.9 Å². The van der Waals surface area contributed by atoms with E-state index in [0.717, 1.165) is 24.1 Å². The molecule has 4 rings (SSSR count). The van der Waals surface area contributed by atoms with Gasteiger partial charge in [-0.25, -0.2) is 9.97 Å². The van der Waals surface area contributed by atoms with E-state index in [1.54, 1.807) is 18.3 Å². The minimum atomic E-state index is 0.0176. The molecule has 3 aromatic rings. The fourth-order valence-corrected chi connectivity index (χ4v) is 3.04. The van der Waals surface area contributed by atoms with Crippen LogP contribution in [0, 0.1) is 11.3 Å². The number of halogens is 1. The Morgan fingerprint density at radius 2 is 2.16 bits per heavy atom. The van der Waals surface area contributed by atoms with Crippen molar-refractivity contribution < 1.29 is 14.3 Å². The molecule has 1 fully saturated rings. The molecule has 0 bridgehead atoms. The Bertz CT molecular complexity index is 1080. The summed E-state index contributed by atoms with van der Waals surface area (Å²) in [6, 6.07) is 11.2. The highest BCUT2D eigenvalue weighted by molar-refractivity contribution is 6.32. The van der Waals surface area contributed by atoms with Gasteiger partial charge in [-0.05, 0) is 30.2 Å². The first-order valence-corrected chi connectivity index (χ1v) is 10.4. The number of carbonyl (C=O) groups is 1. The van der Waals surface area contributed by atoms with Gasteiger partial charge in [0, 0.05) is 30.4 Å². The van der Waals surface area contributed by atoms with Crippen LogP contribution in [0.2, 0.25) is 5.02 Å². The van der Waals surface area contributed by atoms with Gasteiger partial charge in [-0.1, -0.05) is 24.6 Å². The monoisotopic (exact) mass is 451 g/mol. The van der Waals surface area contributed by atoms with Crippen LogP contribution < -0.4 is 10.1 Å². The van der Waals surface area contributed by atoms with Crippen LogP contribution in [-0.4, -0.2) is 40.7 Å². The molecule has 0 spiro atoms. The second kappa shape index (κ2) is 11.7. The Labute approximate surface area is 191 Å². The number of pyridine rings is 3. The lowest BCUT2D eigenvalue weighted by Gasteiger charge is -2.13. The molecular formula is C23H22ClN5O3. The summed E-state index contributed by atoms with van der Waals surface area (Å²) in [5.74, 6) is 0.921. The Morgan fingerprint density at radius 1 is 1.28 bits per heavy atom. The van der Waals surface area contributed by atoms with Crippen molar-refractivity contribution in [2.45, 2.75) is 25.9 Å². The Hall–Kier alpha value is -3.54. The van der Waals surface area contributed by atoms with Gasteiger partial charge < -0.3 is 14.8 Å². The van der Waals surface area contributed by atoms with E-state index in [-0.39, 0.29) is 6.10 Å². The van der Waals surface area contributed by atoms with Gasteiger partial charge in [-0.15, -0.1) is 0 Å². The lowest BCUT2D eigenvalue weighted by atomic mass is 10.1. The third-order valence-electron chi connectivity index (χ3n) is 4.61. The predicted octanol–water partition coefficient (Wildman–Crippen LogP) is 4.05. The summed E-state index contributed by atoms with van der Waals surface area (Å²) in [6.45, 7) is 3.36. The molecular weight excluding hydrogens is 430 g/mol. The Kier molecular flexibility index (Phi) is 8.49. The molecule has 4 heterocycles. The molecule has 3 aromatic heterocycles. The standard InChI is InChI=1S/C13H11N3.C10H11ClN2O3/c1-2-10-3-4-13(16-9-10)11-5-6-15-12(7-11)8-14;11-8-4-12-10(13-6-14)3-9(8)16-7-1-2-15-5-7/h3-7,9H,2H2,1H3;3-4,6-7H,1-2,5H2,(H,12,13,14). The van der Waals surface area contributed by atoms with Gasteiger partial charge in [0.15, 0.2) is 0 Å². The molecule has 1 unspecified atom stereocenters. The second-order valence-corrected chi connectivity index (χ2v) is 7.22. The molecule has 1 saturated heterocycles. The maximum atomic E-state index is 10.3. The number of aryl methyl sites for hydroxylation is 1. The van der Waals surface area contributed by atoms with Crippen molar-refractivity contribution in [3.05, 3.63) is 65.2 Å². The third kappa shape index (κ3) is 6.48. The zero-order valence-electron chi connectivity index (χ0n) is 17.5. The van der Waals surface area contributed by atoms with Gasteiger partial charge in [0.05, 0.1) is 25.1 Å². The largest absolute Gasteiger partial charge is 0.486 e. The number of nitrogens with one attached hydrogen (secondary N) is 1. The van der Waals surface area contributed by atoms with Crippen molar-refractivity contribution in [3.8, 4) is 23.1 Å². The number of hydrogen-bond acceptors (Lipinski definition) is 7. The Morgan fingerprint density at radius 3 is 2.81 bits per heavy atom. The minimum absolute atomic E-state index is 0.0176. The number of rotatable bonds is 6. The number of amides is 1. The molecule has 8 nitrogen and oxygen atoms in total. The van der Waals surface area contributed by atoms with Crippen LogP contribution in [0.1, 0.15) is 24.6 Å². The quantitative estimate of drug-likeness (QED) is 0.563. The van der Waals surface area contributed by atoms with Crippen molar-refractivity contribution in [2.75, 3.05) is 18.5 Å². The predicted molar refractivity (Wildman–Crippen MR) is 120 cm³/mol. The van der Waals surface area contributed by atoms with Gasteiger partial charge in [0.25, 0.3) is 0 Å². The normalized spacial score (nSPS) is 14.6. The van der Waals surface area contributed by atoms with Gasteiger partial charge in [-0.3, -0.25) is 9.78 Å². The number of carbonyl (C=O) groups excluding carboxylic acids is 1. The molecule has 1 amide bonds. The first-order chi connectivity index (χ1) is 15.6. The van der Waals surface area contributed by atoms with Crippen LogP contribution in [0.5, 0.6) is 5.75 Å². The summed E-state index contributed by atoms with van der Waals surface area (Å²) in [4.78, 5) is 22.5. The molecule has 1 N–H and O–H groups in total. The first kappa shape index (κ1) is 23.1. The third-order valence-corrected chi connectivity index (χ3v) is 4.90. The van der Waals surface area contributed by atoms with Gasteiger partial charge in [-0.2, -0.15) is 5.26 Å². The minimum Gasteiger partial charge on any atom is -0.486 e. The van der Waals surface area contributed by atoms with E-state index in [1.165, 1.54) is 11.8 Å². The second-order valence-electron chi connectivity index (χ2n) is 6.81. The fraction of sp³-hybridized carbons (Fsp3) is 0.261. The van der Waals surface area contributed by atoms with E-state index in [0.29, 0.717) is 41.9 Å². The van der Waals surface area contributed by atoms with Crippen molar-refractivity contribution in [3.63, 3.8) is 0 Å². The van der Waals surface area contributed by atoms with Gasteiger partial charge in [0.2, 0.25) is 6.41 Å². The summed E-state index contributed by atoms with van der Waals surface area (Å²) in [7, 11) is 0. The van der Waals surface area contributed by atoms with Crippen LogP contribution >= 0.6 is 11.6 Å². The summed E-state index contributed by atoms with van der Waals surface area (Å²) < 4.78 is 10.8. The molecule has 1 aliphatic heterocycles. The van der Waals surface area contributed by atoms with Crippen molar-refractivity contribution in [1.82, 2.24) is 15.0 Å². The number of anilines is 1. The SMILES string of the molecule is CCc1ccc(-c2ccnc(C#N)c2)nc1.O=CNc1cc(OC2CCOC2)c(Cl)cn1. The number of aromatic nitrogens is 3. The molecule has 0 saturated carbocycles. The lowest BCUT2D eigenvalue weighted by molar-refractivity contribution is -0.105.